The molecule has 1 aliphatic carbocycles. The molecular weight excluding hydrogens is 176 g/mol. The molecule has 2 nitrogen and oxygen atoms in total. The SMILES string of the molecule is COc1c(C)cccc1CC1(O)CC1. The maximum atomic E-state index is 9.84. The lowest BCUT2D eigenvalue weighted by atomic mass is 10.0. The van der Waals surface area contributed by atoms with Gasteiger partial charge in [-0.05, 0) is 30.9 Å². The molecule has 0 bridgehead atoms. The van der Waals surface area contributed by atoms with E-state index in [4.69, 9.17) is 4.74 Å². The minimum absolute atomic E-state index is 0.443. The molecule has 2 rings (SSSR count). The molecule has 1 saturated carbocycles. The van der Waals surface area contributed by atoms with E-state index in [1.165, 1.54) is 0 Å². The maximum Gasteiger partial charge on any atom is 0.125 e. The van der Waals surface area contributed by atoms with E-state index in [0.717, 1.165) is 36.1 Å². The van der Waals surface area contributed by atoms with Crippen molar-refractivity contribution >= 4 is 0 Å². The zero-order chi connectivity index (χ0) is 10.2. The highest BCUT2D eigenvalue weighted by Crippen LogP contribution is 2.40. The number of aryl methyl sites for hydroxylation is 1. The van der Waals surface area contributed by atoms with Crippen molar-refractivity contribution in [1.29, 1.82) is 0 Å². The molecule has 1 aromatic carbocycles. The molecule has 76 valence electrons. The Morgan fingerprint density at radius 1 is 1.43 bits per heavy atom. The standard InChI is InChI=1S/C12H16O2/c1-9-4-3-5-10(11(9)14-2)8-12(13)6-7-12/h3-5,13H,6-8H2,1-2H3. The average Bonchev–Trinajstić information content (AvgIpc) is 2.84. The van der Waals surface area contributed by atoms with Crippen LogP contribution in [0.15, 0.2) is 18.2 Å². The zero-order valence-electron chi connectivity index (χ0n) is 8.71. The van der Waals surface area contributed by atoms with Crippen LogP contribution in [0, 0.1) is 6.92 Å². The van der Waals surface area contributed by atoms with Crippen LogP contribution in [0.4, 0.5) is 0 Å². The van der Waals surface area contributed by atoms with Crippen molar-refractivity contribution in [3.8, 4) is 5.75 Å². The van der Waals surface area contributed by atoms with Gasteiger partial charge >= 0.3 is 0 Å². The van der Waals surface area contributed by atoms with Crippen LogP contribution in [0.5, 0.6) is 5.75 Å². The van der Waals surface area contributed by atoms with Crippen molar-refractivity contribution in [1.82, 2.24) is 0 Å². The van der Waals surface area contributed by atoms with Crippen molar-refractivity contribution in [3.05, 3.63) is 29.3 Å². The largest absolute Gasteiger partial charge is 0.496 e. The number of para-hydroxylation sites is 1. The van der Waals surface area contributed by atoms with Gasteiger partial charge in [0.1, 0.15) is 5.75 Å². The van der Waals surface area contributed by atoms with Crippen LogP contribution in [-0.2, 0) is 6.42 Å². The molecule has 1 aromatic rings. The number of rotatable bonds is 3. The number of methoxy groups -OCH3 is 1. The van der Waals surface area contributed by atoms with Gasteiger partial charge in [-0.15, -0.1) is 0 Å². The summed E-state index contributed by atoms with van der Waals surface area (Å²) >= 11 is 0. The summed E-state index contributed by atoms with van der Waals surface area (Å²) in [5.74, 6) is 0.924. The van der Waals surface area contributed by atoms with E-state index in [9.17, 15) is 5.11 Å². The Kier molecular flexibility index (Phi) is 2.23. The first-order valence-electron chi connectivity index (χ1n) is 4.99. The van der Waals surface area contributed by atoms with Crippen LogP contribution in [0.1, 0.15) is 24.0 Å². The molecule has 1 fully saturated rings. The Labute approximate surface area is 84.5 Å². The number of benzene rings is 1. The summed E-state index contributed by atoms with van der Waals surface area (Å²) in [6, 6.07) is 6.07. The molecule has 1 aliphatic rings. The van der Waals surface area contributed by atoms with E-state index in [-0.39, 0.29) is 0 Å². The molecule has 0 unspecified atom stereocenters. The van der Waals surface area contributed by atoms with E-state index in [1.54, 1.807) is 7.11 Å². The highest BCUT2D eigenvalue weighted by atomic mass is 16.5. The minimum Gasteiger partial charge on any atom is -0.496 e. The molecule has 0 atom stereocenters. The van der Waals surface area contributed by atoms with Gasteiger partial charge in [0, 0.05) is 6.42 Å². The van der Waals surface area contributed by atoms with Crippen molar-refractivity contribution < 1.29 is 9.84 Å². The first-order chi connectivity index (χ1) is 6.64. The van der Waals surface area contributed by atoms with E-state index in [1.807, 2.05) is 25.1 Å². The van der Waals surface area contributed by atoms with E-state index < -0.39 is 5.60 Å². The highest BCUT2D eigenvalue weighted by Gasteiger charge is 2.40. The molecule has 0 aliphatic heterocycles. The van der Waals surface area contributed by atoms with Gasteiger partial charge < -0.3 is 9.84 Å². The lowest BCUT2D eigenvalue weighted by molar-refractivity contribution is 0.150. The summed E-state index contributed by atoms with van der Waals surface area (Å²) < 4.78 is 5.34. The summed E-state index contributed by atoms with van der Waals surface area (Å²) in [5.41, 5.74) is 1.81. The Hall–Kier alpha value is -1.02. The topological polar surface area (TPSA) is 29.5 Å². The number of hydrogen-bond acceptors (Lipinski definition) is 2. The average molecular weight is 192 g/mol. The zero-order valence-corrected chi connectivity index (χ0v) is 8.71. The molecule has 0 aromatic heterocycles. The summed E-state index contributed by atoms with van der Waals surface area (Å²) in [6.07, 6.45) is 2.56. The lowest BCUT2D eigenvalue weighted by Gasteiger charge is -2.13. The van der Waals surface area contributed by atoms with Crippen molar-refractivity contribution in [2.45, 2.75) is 31.8 Å². The van der Waals surface area contributed by atoms with Gasteiger partial charge in [0.15, 0.2) is 0 Å². The lowest BCUT2D eigenvalue weighted by Crippen LogP contribution is -2.11. The molecular formula is C12H16O2. The second kappa shape index (κ2) is 3.28. The fourth-order valence-corrected chi connectivity index (χ4v) is 1.82. The number of hydrogen-bond donors (Lipinski definition) is 1. The van der Waals surface area contributed by atoms with Crippen LogP contribution in [-0.4, -0.2) is 17.8 Å². The fourth-order valence-electron chi connectivity index (χ4n) is 1.82. The van der Waals surface area contributed by atoms with Crippen LogP contribution in [0.3, 0.4) is 0 Å². The Morgan fingerprint density at radius 3 is 2.71 bits per heavy atom. The van der Waals surface area contributed by atoms with Crippen molar-refractivity contribution in [3.63, 3.8) is 0 Å². The maximum absolute atomic E-state index is 9.84. The highest BCUT2D eigenvalue weighted by molar-refractivity contribution is 5.41. The Bertz CT molecular complexity index is 340. The summed E-state index contributed by atoms with van der Waals surface area (Å²) in [7, 11) is 1.68. The van der Waals surface area contributed by atoms with Gasteiger partial charge in [0.25, 0.3) is 0 Å². The van der Waals surface area contributed by atoms with Gasteiger partial charge in [0.05, 0.1) is 12.7 Å². The molecule has 14 heavy (non-hydrogen) atoms. The Morgan fingerprint density at radius 2 is 2.14 bits per heavy atom. The molecule has 0 radical (unpaired) electrons. The second-order valence-corrected chi connectivity index (χ2v) is 4.17. The predicted molar refractivity (Wildman–Crippen MR) is 55.6 cm³/mol. The third kappa shape index (κ3) is 1.75. The number of ether oxygens (including phenoxy) is 1. The summed E-state index contributed by atoms with van der Waals surface area (Å²) in [5, 5.41) is 9.84. The van der Waals surface area contributed by atoms with Crippen molar-refractivity contribution in [2.24, 2.45) is 0 Å². The molecule has 0 saturated heterocycles. The van der Waals surface area contributed by atoms with Crippen LogP contribution < -0.4 is 4.74 Å². The van der Waals surface area contributed by atoms with Crippen molar-refractivity contribution in [2.75, 3.05) is 7.11 Å². The van der Waals surface area contributed by atoms with Crippen LogP contribution in [0.2, 0.25) is 0 Å². The summed E-state index contributed by atoms with van der Waals surface area (Å²) in [6.45, 7) is 2.03. The van der Waals surface area contributed by atoms with E-state index >= 15 is 0 Å². The molecule has 0 amide bonds. The normalized spacial score (nSPS) is 17.9. The van der Waals surface area contributed by atoms with Gasteiger partial charge in [-0.1, -0.05) is 18.2 Å². The van der Waals surface area contributed by atoms with Gasteiger partial charge in [-0.3, -0.25) is 0 Å². The predicted octanol–water partition coefficient (Wildman–Crippen LogP) is 2.07. The van der Waals surface area contributed by atoms with Gasteiger partial charge in [0.2, 0.25) is 0 Å². The fraction of sp³-hybridized carbons (Fsp3) is 0.500. The third-order valence-electron chi connectivity index (χ3n) is 2.84. The number of aliphatic hydroxyl groups is 1. The Balaban J connectivity index is 2.27. The molecule has 1 N–H and O–H groups in total. The molecule has 2 heteroatoms. The van der Waals surface area contributed by atoms with Gasteiger partial charge in [-0.25, -0.2) is 0 Å². The molecule has 0 heterocycles. The van der Waals surface area contributed by atoms with Crippen LogP contribution in [0.25, 0.3) is 0 Å². The van der Waals surface area contributed by atoms with Crippen LogP contribution >= 0.6 is 0 Å². The summed E-state index contributed by atoms with van der Waals surface area (Å²) in [4.78, 5) is 0. The molecule has 0 spiro atoms. The smallest absolute Gasteiger partial charge is 0.125 e. The van der Waals surface area contributed by atoms with Gasteiger partial charge in [-0.2, -0.15) is 0 Å². The minimum atomic E-state index is -0.443. The van der Waals surface area contributed by atoms with E-state index in [0.29, 0.717) is 0 Å². The second-order valence-electron chi connectivity index (χ2n) is 4.17. The first-order valence-corrected chi connectivity index (χ1v) is 4.99. The quantitative estimate of drug-likeness (QED) is 0.794. The first kappa shape index (κ1) is 9.53. The third-order valence-corrected chi connectivity index (χ3v) is 2.84. The monoisotopic (exact) mass is 192 g/mol. The van der Waals surface area contributed by atoms with E-state index in [2.05, 4.69) is 0 Å².